The third-order valence-electron chi connectivity index (χ3n) is 2.38. The summed E-state index contributed by atoms with van der Waals surface area (Å²) in [5, 5.41) is 3.11. The van der Waals surface area contributed by atoms with E-state index in [-0.39, 0.29) is 6.16 Å². The average Bonchev–Trinajstić information content (AvgIpc) is 2.14. The highest BCUT2D eigenvalue weighted by Gasteiger charge is 2.10. The van der Waals surface area contributed by atoms with Crippen molar-refractivity contribution >= 4 is 7.60 Å². The van der Waals surface area contributed by atoms with E-state index >= 15 is 0 Å². The molecule has 0 fully saturated rings. The number of hydrogen-bond acceptors (Lipinski definition) is 2. The molecule has 0 saturated heterocycles. The molecule has 0 amide bonds. The molecule has 0 saturated carbocycles. The third kappa shape index (κ3) is 14.1. The zero-order valence-corrected chi connectivity index (χ0v) is 10.5. The second-order valence-electron chi connectivity index (χ2n) is 3.97. The summed E-state index contributed by atoms with van der Waals surface area (Å²) in [6, 6.07) is 0. The third-order valence-corrected chi connectivity index (χ3v) is 3.27. The minimum Gasteiger partial charge on any atom is -0.324 e. The van der Waals surface area contributed by atoms with E-state index in [1.165, 1.54) is 25.7 Å². The fraction of sp³-hybridized carbons (Fsp3) is 1.00. The molecule has 0 aliphatic rings. The SMILES string of the molecule is CNCCCCCCCCCP(=O)(O)O. The van der Waals surface area contributed by atoms with Gasteiger partial charge in [0.2, 0.25) is 0 Å². The van der Waals surface area contributed by atoms with E-state index in [4.69, 9.17) is 9.79 Å². The smallest absolute Gasteiger partial charge is 0.324 e. The standard InChI is InChI=1S/C10H24NO3P/c1-11-9-7-5-3-2-4-6-8-10-15(12,13)14/h11H,2-10H2,1H3,(H2,12,13,14). The molecular formula is C10H24NO3P. The van der Waals surface area contributed by atoms with Gasteiger partial charge in [-0.05, 0) is 26.4 Å². The van der Waals surface area contributed by atoms with Crippen LogP contribution < -0.4 is 5.32 Å². The largest absolute Gasteiger partial charge is 0.325 e. The van der Waals surface area contributed by atoms with Gasteiger partial charge >= 0.3 is 7.60 Å². The lowest BCUT2D eigenvalue weighted by atomic mass is 10.1. The quantitative estimate of drug-likeness (QED) is 0.402. The number of unbranched alkanes of at least 4 members (excludes halogenated alkanes) is 6. The number of nitrogens with one attached hydrogen (secondary N) is 1. The van der Waals surface area contributed by atoms with E-state index < -0.39 is 7.60 Å². The molecule has 0 aromatic rings. The first-order valence-electron chi connectivity index (χ1n) is 5.75. The summed E-state index contributed by atoms with van der Waals surface area (Å²) in [6.07, 6.45) is 7.63. The fourth-order valence-electron chi connectivity index (χ4n) is 1.50. The normalized spacial score (nSPS) is 11.9. The first kappa shape index (κ1) is 15.1. The zero-order valence-electron chi connectivity index (χ0n) is 9.61. The highest BCUT2D eigenvalue weighted by molar-refractivity contribution is 7.51. The minimum absolute atomic E-state index is 0.0484. The summed E-state index contributed by atoms with van der Waals surface area (Å²) < 4.78 is 10.5. The van der Waals surface area contributed by atoms with E-state index in [1.807, 2.05) is 7.05 Å². The molecule has 0 atom stereocenters. The minimum atomic E-state index is -3.74. The molecule has 0 unspecified atom stereocenters. The molecule has 15 heavy (non-hydrogen) atoms. The van der Waals surface area contributed by atoms with Crippen molar-refractivity contribution in [3.63, 3.8) is 0 Å². The van der Waals surface area contributed by atoms with E-state index in [2.05, 4.69) is 5.32 Å². The van der Waals surface area contributed by atoms with Crippen LogP contribution >= 0.6 is 7.60 Å². The molecular weight excluding hydrogens is 213 g/mol. The Hall–Kier alpha value is 0.110. The molecule has 0 heterocycles. The first-order valence-corrected chi connectivity index (χ1v) is 7.55. The van der Waals surface area contributed by atoms with Crippen LogP contribution in [0.25, 0.3) is 0 Å². The predicted molar refractivity (Wildman–Crippen MR) is 63.2 cm³/mol. The Morgan fingerprint density at radius 2 is 1.40 bits per heavy atom. The monoisotopic (exact) mass is 237 g/mol. The second-order valence-corrected chi connectivity index (χ2v) is 5.74. The van der Waals surface area contributed by atoms with Crippen LogP contribution in [0.5, 0.6) is 0 Å². The lowest BCUT2D eigenvalue weighted by Crippen LogP contribution is -2.06. The van der Waals surface area contributed by atoms with Crippen LogP contribution in [0.4, 0.5) is 0 Å². The molecule has 0 spiro atoms. The fourth-order valence-corrected chi connectivity index (χ4v) is 2.14. The average molecular weight is 237 g/mol. The maximum absolute atomic E-state index is 10.5. The van der Waals surface area contributed by atoms with Crippen LogP contribution in [0, 0.1) is 0 Å². The van der Waals surface area contributed by atoms with Crippen molar-refractivity contribution < 1.29 is 14.4 Å². The van der Waals surface area contributed by atoms with Gasteiger partial charge in [-0.3, -0.25) is 4.57 Å². The van der Waals surface area contributed by atoms with Crippen molar-refractivity contribution in [2.45, 2.75) is 44.9 Å². The lowest BCUT2D eigenvalue weighted by molar-refractivity contribution is 0.370. The van der Waals surface area contributed by atoms with Crippen LogP contribution in [0.3, 0.4) is 0 Å². The van der Waals surface area contributed by atoms with E-state index in [0.717, 1.165) is 19.4 Å². The van der Waals surface area contributed by atoms with Gasteiger partial charge in [0.1, 0.15) is 0 Å². The molecule has 4 nitrogen and oxygen atoms in total. The summed E-state index contributed by atoms with van der Waals surface area (Å²) in [5.74, 6) is 0. The maximum Gasteiger partial charge on any atom is 0.325 e. The Kier molecular flexibility index (Phi) is 9.41. The molecule has 0 radical (unpaired) electrons. The highest BCUT2D eigenvalue weighted by Crippen LogP contribution is 2.35. The highest BCUT2D eigenvalue weighted by atomic mass is 31.2. The van der Waals surface area contributed by atoms with Gasteiger partial charge in [-0.2, -0.15) is 0 Å². The molecule has 0 aliphatic carbocycles. The molecule has 3 N–H and O–H groups in total. The topological polar surface area (TPSA) is 69.6 Å². The van der Waals surface area contributed by atoms with Crippen molar-refractivity contribution in [2.24, 2.45) is 0 Å². The Bertz CT molecular complexity index is 182. The maximum atomic E-state index is 10.5. The molecule has 5 heteroatoms. The molecule has 92 valence electrons. The van der Waals surface area contributed by atoms with Gasteiger partial charge in [0.25, 0.3) is 0 Å². The number of rotatable bonds is 10. The molecule has 0 aliphatic heterocycles. The second kappa shape index (κ2) is 9.34. The molecule has 0 aromatic carbocycles. The molecule has 0 bridgehead atoms. The van der Waals surface area contributed by atoms with Gasteiger partial charge < -0.3 is 15.1 Å². The summed E-state index contributed by atoms with van der Waals surface area (Å²) in [4.78, 5) is 17.2. The van der Waals surface area contributed by atoms with Crippen LogP contribution in [0.1, 0.15) is 44.9 Å². The van der Waals surface area contributed by atoms with Gasteiger partial charge in [0.15, 0.2) is 0 Å². The van der Waals surface area contributed by atoms with Gasteiger partial charge in [0, 0.05) is 6.16 Å². The zero-order chi connectivity index (χ0) is 11.6. The van der Waals surface area contributed by atoms with Crippen LogP contribution in [0.2, 0.25) is 0 Å². The van der Waals surface area contributed by atoms with Crippen molar-refractivity contribution in [3.05, 3.63) is 0 Å². The van der Waals surface area contributed by atoms with Crippen LogP contribution in [-0.4, -0.2) is 29.5 Å². The van der Waals surface area contributed by atoms with Gasteiger partial charge in [0.05, 0.1) is 0 Å². The summed E-state index contributed by atoms with van der Waals surface area (Å²) in [6.45, 7) is 1.08. The summed E-state index contributed by atoms with van der Waals surface area (Å²) >= 11 is 0. The van der Waals surface area contributed by atoms with Gasteiger partial charge in [-0.1, -0.05) is 32.1 Å². The van der Waals surface area contributed by atoms with Gasteiger partial charge in [-0.25, -0.2) is 0 Å². The van der Waals surface area contributed by atoms with Gasteiger partial charge in [-0.15, -0.1) is 0 Å². The van der Waals surface area contributed by atoms with E-state index in [9.17, 15) is 4.57 Å². The van der Waals surface area contributed by atoms with E-state index in [0.29, 0.717) is 6.42 Å². The number of hydrogen-bond donors (Lipinski definition) is 3. The first-order chi connectivity index (χ1) is 7.06. The van der Waals surface area contributed by atoms with Crippen molar-refractivity contribution in [3.8, 4) is 0 Å². The predicted octanol–water partition coefficient (Wildman–Crippen LogP) is 2.11. The van der Waals surface area contributed by atoms with Crippen molar-refractivity contribution in [1.82, 2.24) is 5.32 Å². The Balaban J connectivity index is 3.02. The van der Waals surface area contributed by atoms with Crippen molar-refractivity contribution in [1.29, 1.82) is 0 Å². The Morgan fingerprint density at radius 3 is 1.87 bits per heavy atom. The lowest BCUT2D eigenvalue weighted by Gasteiger charge is -2.03. The van der Waals surface area contributed by atoms with Crippen LogP contribution in [0.15, 0.2) is 0 Å². The van der Waals surface area contributed by atoms with E-state index in [1.54, 1.807) is 0 Å². The molecule has 0 aromatic heterocycles. The van der Waals surface area contributed by atoms with Crippen molar-refractivity contribution in [2.75, 3.05) is 19.8 Å². The Labute approximate surface area is 92.6 Å². The Morgan fingerprint density at radius 1 is 0.933 bits per heavy atom. The summed E-state index contributed by atoms with van der Waals surface area (Å²) in [5.41, 5.74) is 0. The molecule has 0 rings (SSSR count). The van der Waals surface area contributed by atoms with Crippen LogP contribution in [-0.2, 0) is 4.57 Å². The summed E-state index contributed by atoms with van der Waals surface area (Å²) in [7, 11) is -1.78.